The Labute approximate surface area is 185 Å². The van der Waals surface area contributed by atoms with Gasteiger partial charge in [0.2, 0.25) is 10.0 Å². The number of rotatable bonds is 9. The zero-order valence-electron chi connectivity index (χ0n) is 17.5. The first-order valence-electron chi connectivity index (χ1n) is 9.54. The summed E-state index contributed by atoms with van der Waals surface area (Å²) in [6, 6.07) is 16.8. The van der Waals surface area contributed by atoms with E-state index in [1.807, 2.05) is 6.07 Å². The number of hydrogen-bond donors (Lipinski definition) is 1. The van der Waals surface area contributed by atoms with Crippen LogP contribution in [0.25, 0.3) is 11.1 Å². The van der Waals surface area contributed by atoms with E-state index in [1.165, 1.54) is 26.3 Å². The first-order valence-corrected chi connectivity index (χ1v) is 11.0. The van der Waals surface area contributed by atoms with Crippen LogP contribution in [0.15, 0.2) is 71.6 Å². The number of benzene rings is 3. The number of sulfonamides is 1. The Hall–Kier alpha value is -3.43. The standard InChI is InChI=1S/C23H22FNO6S/c1-25(32(28,29)20-9-7-18(24)8-10-20)14-16-6-11-22(31-15-23(26)27)21(12-16)17-4-3-5-19(13-17)30-2/h3-13H,14-15H2,1-2H3,(H,26,27). The van der Waals surface area contributed by atoms with Crippen molar-refractivity contribution in [1.82, 2.24) is 4.31 Å². The molecule has 32 heavy (non-hydrogen) atoms. The monoisotopic (exact) mass is 459 g/mol. The molecule has 3 aromatic rings. The summed E-state index contributed by atoms with van der Waals surface area (Å²) in [6.45, 7) is -0.481. The molecule has 0 amide bonds. The molecule has 9 heteroatoms. The van der Waals surface area contributed by atoms with Crippen LogP contribution in [-0.2, 0) is 21.4 Å². The van der Waals surface area contributed by atoms with Crippen LogP contribution in [0.1, 0.15) is 5.56 Å². The van der Waals surface area contributed by atoms with Gasteiger partial charge in [-0.05, 0) is 59.7 Å². The lowest BCUT2D eigenvalue weighted by molar-refractivity contribution is -0.139. The molecule has 168 valence electrons. The van der Waals surface area contributed by atoms with E-state index in [1.54, 1.807) is 36.4 Å². The molecule has 7 nitrogen and oxygen atoms in total. The number of aliphatic carboxylic acids is 1. The van der Waals surface area contributed by atoms with Crippen LogP contribution < -0.4 is 9.47 Å². The second-order valence-electron chi connectivity index (χ2n) is 6.96. The molecule has 3 aromatic carbocycles. The summed E-state index contributed by atoms with van der Waals surface area (Å²) in [5, 5.41) is 8.97. The van der Waals surface area contributed by atoms with Crippen LogP contribution in [0, 0.1) is 5.82 Å². The number of carbonyl (C=O) groups is 1. The minimum absolute atomic E-state index is 0.0177. The summed E-state index contributed by atoms with van der Waals surface area (Å²) in [7, 11) is -0.872. The Morgan fingerprint density at radius 2 is 1.78 bits per heavy atom. The highest BCUT2D eigenvalue weighted by atomic mass is 32.2. The summed E-state index contributed by atoms with van der Waals surface area (Å²) >= 11 is 0. The van der Waals surface area contributed by atoms with E-state index in [0.717, 1.165) is 22.0 Å². The van der Waals surface area contributed by atoms with Gasteiger partial charge in [-0.25, -0.2) is 17.6 Å². The van der Waals surface area contributed by atoms with Crippen molar-refractivity contribution >= 4 is 16.0 Å². The summed E-state index contributed by atoms with van der Waals surface area (Å²) < 4.78 is 50.7. The molecule has 0 heterocycles. The minimum atomic E-state index is -3.84. The van der Waals surface area contributed by atoms with Crippen molar-refractivity contribution < 1.29 is 32.2 Å². The third-order valence-electron chi connectivity index (χ3n) is 4.70. The fourth-order valence-corrected chi connectivity index (χ4v) is 4.24. The molecule has 0 spiro atoms. The van der Waals surface area contributed by atoms with Gasteiger partial charge in [0.05, 0.1) is 12.0 Å². The average Bonchev–Trinajstić information content (AvgIpc) is 2.78. The zero-order chi connectivity index (χ0) is 23.3. The summed E-state index contributed by atoms with van der Waals surface area (Å²) in [6.07, 6.45) is 0. The Morgan fingerprint density at radius 3 is 2.44 bits per heavy atom. The van der Waals surface area contributed by atoms with Gasteiger partial charge in [0, 0.05) is 19.2 Å². The highest BCUT2D eigenvalue weighted by Crippen LogP contribution is 2.33. The van der Waals surface area contributed by atoms with E-state index in [9.17, 15) is 17.6 Å². The smallest absolute Gasteiger partial charge is 0.341 e. The van der Waals surface area contributed by atoms with E-state index in [2.05, 4.69) is 0 Å². The maximum atomic E-state index is 13.2. The van der Waals surface area contributed by atoms with Gasteiger partial charge in [-0.2, -0.15) is 4.31 Å². The van der Waals surface area contributed by atoms with Gasteiger partial charge in [-0.1, -0.05) is 18.2 Å². The van der Waals surface area contributed by atoms with Crippen LogP contribution in [0.4, 0.5) is 4.39 Å². The molecule has 0 unspecified atom stereocenters. The molecule has 0 aliphatic carbocycles. The molecular formula is C23H22FNO6S. The SMILES string of the molecule is COc1cccc(-c2cc(CN(C)S(=O)(=O)c3ccc(F)cc3)ccc2OCC(=O)O)c1. The van der Waals surface area contributed by atoms with Gasteiger partial charge in [0.25, 0.3) is 0 Å². The molecule has 0 saturated heterocycles. The van der Waals surface area contributed by atoms with Crippen molar-refractivity contribution in [2.24, 2.45) is 0 Å². The van der Waals surface area contributed by atoms with Crippen LogP contribution in [0.3, 0.4) is 0 Å². The summed E-state index contributed by atoms with van der Waals surface area (Å²) in [4.78, 5) is 10.9. The van der Waals surface area contributed by atoms with E-state index >= 15 is 0 Å². The normalized spacial score (nSPS) is 11.4. The van der Waals surface area contributed by atoms with Crippen molar-refractivity contribution in [1.29, 1.82) is 0 Å². The Bertz CT molecular complexity index is 1210. The van der Waals surface area contributed by atoms with Crippen molar-refractivity contribution in [3.8, 4) is 22.6 Å². The highest BCUT2D eigenvalue weighted by Gasteiger charge is 2.21. The molecule has 1 N–H and O–H groups in total. The van der Waals surface area contributed by atoms with Gasteiger partial charge in [0.15, 0.2) is 6.61 Å². The third-order valence-corrected chi connectivity index (χ3v) is 6.52. The Morgan fingerprint density at radius 1 is 1.06 bits per heavy atom. The second kappa shape index (κ2) is 9.80. The average molecular weight is 459 g/mol. The Balaban J connectivity index is 1.94. The summed E-state index contributed by atoms with van der Waals surface area (Å²) in [5.41, 5.74) is 1.96. The van der Waals surface area contributed by atoms with Gasteiger partial charge in [-0.15, -0.1) is 0 Å². The van der Waals surface area contributed by atoms with E-state index in [4.69, 9.17) is 14.6 Å². The van der Waals surface area contributed by atoms with Gasteiger partial charge >= 0.3 is 5.97 Å². The van der Waals surface area contributed by atoms with Crippen LogP contribution >= 0.6 is 0 Å². The molecule has 0 saturated carbocycles. The van der Waals surface area contributed by atoms with Gasteiger partial charge in [-0.3, -0.25) is 0 Å². The van der Waals surface area contributed by atoms with Crippen LogP contribution in [0.2, 0.25) is 0 Å². The molecule has 0 radical (unpaired) electrons. The molecule has 0 aliphatic heterocycles. The van der Waals surface area contributed by atoms with Crippen molar-refractivity contribution in [2.75, 3.05) is 20.8 Å². The summed E-state index contributed by atoms with van der Waals surface area (Å²) in [5.74, 6) is -0.691. The lowest BCUT2D eigenvalue weighted by Crippen LogP contribution is -2.26. The molecule has 0 bridgehead atoms. The molecule has 0 aliphatic rings. The van der Waals surface area contributed by atoms with Crippen molar-refractivity contribution in [2.45, 2.75) is 11.4 Å². The van der Waals surface area contributed by atoms with Crippen LogP contribution in [-0.4, -0.2) is 44.6 Å². The zero-order valence-corrected chi connectivity index (χ0v) is 18.3. The largest absolute Gasteiger partial charge is 0.497 e. The van der Waals surface area contributed by atoms with Crippen molar-refractivity contribution in [3.63, 3.8) is 0 Å². The van der Waals surface area contributed by atoms with E-state index in [-0.39, 0.29) is 11.4 Å². The quantitative estimate of drug-likeness (QED) is 0.523. The molecule has 0 aromatic heterocycles. The third kappa shape index (κ3) is 5.43. The molecular weight excluding hydrogens is 437 g/mol. The number of methoxy groups -OCH3 is 1. The fourth-order valence-electron chi connectivity index (χ4n) is 3.09. The number of hydrogen-bond acceptors (Lipinski definition) is 5. The van der Waals surface area contributed by atoms with E-state index < -0.39 is 28.4 Å². The predicted molar refractivity (Wildman–Crippen MR) is 117 cm³/mol. The number of carboxylic acid groups (broad SMARTS) is 1. The predicted octanol–water partition coefficient (Wildman–Crippen LogP) is 3.79. The molecule has 0 fully saturated rings. The number of nitrogens with zero attached hydrogens (tertiary/aromatic N) is 1. The molecule has 0 atom stereocenters. The Kier molecular flexibility index (Phi) is 7.12. The topological polar surface area (TPSA) is 93.1 Å². The fraction of sp³-hybridized carbons (Fsp3) is 0.174. The minimum Gasteiger partial charge on any atom is -0.497 e. The lowest BCUT2D eigenvalue weighted by atomic mass is 10.0. The maximum absolute atomic E-state index is 13.2. The van der Waals surface area contributed by atoms with E-state index in [0.29, 0.717) is 22.6 Å². The number of ether oxygens (including phenoxy) is 2. The lowest BCUT2D eigenvalue weighted by Gasteiger charge is -2.19. The second-order valence-corrected chi connectivity index (χ2v) is 9.00. The van der Waals surface area contributed by atoms with Gasteiger partial charge in [0.1, 0.15) is 17.3 Å². The van der Waals surface area contributed by atoms with Crippen molar-refractivity contribution in [3.05, 3.63) is 78.1 Å². The van der Waals surface area contributed by atoms with Gasteiger partial charge < -0.3 is 14.6 Å². The maximum Gasteiger partial charge on any atom is 0.341 e. The number of carboxylic acids is 1. The van der Waals surface area contributed by atoms with Crippen LogP contribution in [0.5, 0.6) is 11.5 Å². The first-order chi connectivity index (χ1) is 15.2. The molecule has 3 rings (SSSR count). The first kappa shape index (κ1) is 23.2. The highest BCUT2D eigenvalue weighted by molar-refractivity contribution is 7.89. The number of halogens is 1.